The van der Waals surface area contributed by atoms with Crippen LogP contribution in [-0.4, -0.2) is 66.7 Å². The maximum atomic E-state index is 13.9. The zero-order chi connectivity index (χ0) is 27.5. The van der Waals surface area contributed by atoms with E-state index in [2.05, 4.69) is 16.3 Å². The van der Waals surface area contributed by atoms with Gasteiger partial charge in [0.1, 0.15) is 6.04 Å². The minimum Gasteiger partial charge on any atom is -0.478 e. The van der Waals surface area contributed by atoms with Gasteiger partial charge >= 0.3 is 5.97 Å². The van der Waals surface area contributed by atoms with Crippen molar-refractivity contribution in [3.8, 4) is 0 Å². The van der Waals surface area contributed by atoms with Crippen molar-refractivity contribution in [2.45, 2.75) is 63.1 Å². The number of hydrogen-bond acceptors (Lipinski definition) is 6. The summed E-state index contributed by atoms with van der Waals surface area (Å²) >= 11 is 0. The third kappa shape index (κ3) is 5.79. The van der Waals surface area contributed by atoms with Gasteiger partial charge < -0.3 is 30.7 Å². The molecule has 1 saturated carbocycles. The molecule has 9 nitrogen and oxygen atoms in total. The fourth-order valence-corrected chi connectivity index (χ4v) is 6.31. The van der Waals surface area contributed by atoms with Gasteiger partial charge in [-0.05, 0) is 86.4 Å². The molecule has 2 fully saturated rings. The number of carbonyl (C=O) groups excluding carboxylic acids is 2. The van der Waals surface area contributed by atoms with Crippen molar-refractivity contribution < 1.29 is 24.2 Å². The lowest BCUT2D eigenvalue weighted by Crippen LogP contribution is -2.49. The van der Waals surface area contributed by atoms with Crippen LogP contribution in [-0.2, 0) is 20.7 Å². The van der Waals surface area contributed by atoms with Gasteiger partial charge in [0, 0.05) is 50.1 Å². The first-order chi connectivity index (χ1) is 18.9. The molecule has 1 saturated heterocycles. The number of nitrogens with zero attached hydrogens (tertiary/aromatic N) is 2. The lowest BCUT2D eigenvalue weighted by molar-refractivity contribution is -0.144. The van der Waals surface area contributed by atoms with Crippen LogP contribution in [0.4, 0.5) is 11.4 Å². The molecule has 5 rings (SSSR count). The summed E-state index contributed by atoms with van der Waals surface area (Å²) in [7, 11) is 1.76. The Bertz CT molecular complexity index is 1200. The Kier molecular flexibility index (Phi) is 8.18. The van der Waals surface area contributed by atoms with Crippen LogP contribution >= 0.6 is 0 Å². The summed E-state index contributed by atoms with van der Waals surface area (Å²) in [5, 5.41) is 12.2. The number of nitrogens with one attached hydrogen (secondary N) is 1. The lowest BCUT2D eigenvalue weighted by atomic mass is 9.83. The van der Waals surface area contributed by atoms with Crippen molar-refractivity contribution in [2.75, 3.05) is 37.0 Å². The summed E-state index contributed by atoms with van der Waals surface area (Å²) in [5.41, 5.74) is 9.83. The molecule has 2 aliphatic heterocycles. The first-order valence-corrected chi connectivity index (χ1v) is 14.0. The van der Waals surface area contributed by atoms with Crippen LogP contribution < -0.4 is 16.0 Å². The average molecular weight is 535 g/mol. The molecule has 0 spiro atoms. The molecule has 2 aromatic carbocycles. The Balaban J connectivity index is 1.45. The average Bonchev–Trinajstić information content (AvgIpc) is 2.96. The number of nitrogens with two attached hydrogens (primary N) is 1. The van der Waals surface area contributed by atoms with Gasteiger partial charge in [-0.15, -0.1) is 0 Å². The third-order valence-electron chi connectivity index (χ3n) is 8.56. The molecule has 0 radical (unpaired) electrons. The van der Waals surface area contributed by atoms with Gasteiger partial charge in [-0.1, -0.05) is 12.1 Å². The molecular weight excluding hydrogens is 496 g/mol. The van der Waals surface area contributed by atoms with Gasteiger partial charge in [-0.2, -0.15) is 0 Å². The molecule has 0 bridgehead atoms. The van der Waals surface area contributed by atoms with E-state index in [1.165, 1.54) is 12.1 Å². The molecule has 9 heteroatoms. The molecule has 1 aliphatic carbocycles. The number of fused-ring (bicyclic) bond motifs is 1. The van der Waals surface area contributed by atoms with E-state index in [0.29, 0.717) is 18.7 Å². The second-order valence-electron chi connectivity index (χ2n) is 10.9. The summed E-state index contributed by atoms with van der Waals surface area (Å²) in [4.78, 5) is 43.1. The smallest absolute Gasteiger partial charge is 0.335 e. The Morgan fingerprint density at radius 2 is 1.64 bits per heavy atom. The maximum absolute atomic E-state index is 13.9. The van der Waals surface area contributed by atoms with E-state index in [1.807, 2.05) is 12.1 Å². The van der Waals surface area contributed by atoms with E-state index in [1.54, 1.807) is 24.1 Å². The molecule has 2 aromatic rings. The summed E-state index contributed by atoms with van der Waals surface area (Å²) in [6.45, 7) is 2.23. The van der Waals surface area contributed by atoms with Crippen LogP contribution in [0.5, 0.6) is 0 Å². The molecular formula is C30H38N4O5. The van der Waals surface area contributed by atoms with Gasteiger partial charge in [0.15, 0.2) is 0 Å². The van der Waals surface area contributed by atoms with Crippen LogP contribution in [0.1, 0.15) is 66.1 Å². The van der Waals surface area contributed by atoms with Crippen molar-refractivity contribution in [2.24, 2.45) is 11.7 Å². The third-order valence-corrected chi connectivity index (χ3v) is 8.56. The number of ether oxygens (including phenoxy) is 1. The SMILES string of the molecule is COC1CCN(c2cccc3c2CCN(C(=O)[C@H]2CC[C@H](N)CC2)C3C(=O)Nc2ccc(C(=O)O)cc2)CC1. The second-order valence-corrected chi connectivity index (χ2v) is 10.9. The van der Waals surface area contributed by atoms with Crippen LogP contribution in [0.25, 0.3) is 0 Å². The first-order valence-electron chi connectivity index (χ1n) is 14.0. The monoisotopic (exact) mass is 534 g/mol. The molecule has 39 heavy (non-hydrogen) atoms. The standard InChI is InChI=1S/C30H38N4O5/c1-39-23-13-16-33(17-14-23)26-4-2-3-25-24(26)15-18-34(29(36)19-5-9-21(31)10-6-19)27(25)28(35)32-22-11-7-20(8-12-22)30(37)38/h2-4,7-8,11-12,19,21,23,27H,5-6,9-10,13-18,31H2,1H3,(H,32,35)(H,37,38)/t19-,21-,27?. The van der Waals surface area contributed by atoms with Crippen LogP contribution in [0.3, 0.4) is 0 Å². The fraction of sp³-hybridized carbons (Fsp3) is 0.500. The number of carbonyl (C=O) groups is 3. The zero-order valence-corrected chi connectivity index (χ0v) is 22.5. The molecule has 1 atom stereocenters. The van der Waals surface area contributed by atoms with E-state index >= 15 is 0 Å². The van der Waals surface area contributed by atoms with Gasteiger partial charge in [0.05, 0.1) is 11.7 Å². The van der Waals surface area contributed by atoms with Crippen molar-refractivity contribution in [1.29, 1.82) is 0 Å². The number of anilines is 2. The summed E-state index contributed by atoms with van der Waals surface area (Å²) in [6.07, 6.45) is 5.96. The highest BCUT2D eigenvalue weighted by molar-refractivity contribution is 5.99. The molecule has 2 amide bonds. The number of carboxylic acid groups (broad SMARTS) is 1. The highest BCUT2D eigenvalue weighted by Crippen LogP contribution is 2.39. The van der Waals surface area contributed by atoms with Gasteiger partial charge in [-0.3, -0.25) is 9.59 Å². The van der Waals surface area contributed by atoms with Crippen LogP contribution in [0, 0.1) is 5.92 Å². The highest BCUT2D eigenvalue weighted by Gasteiger charge is 2.40. The number of rotatable bonds is 6. The highest BCUT2D eigenvalue weighted by atomic mass is 16.5. The number of hydrogen-bond donors (Lipinski definition) is 3. The predicted molar refractivity (Wildman–Crippen MR) is 149 cm³/mol. The largest absolute Gasteiger partial charge is 0.478 e. The molecule has 208 valence electrons. The normalized spacial score (nSPS) is 23.7. The van der Waals surface area contributed by atoms with Crippen molar-refractivity contribution >= 4 is 29.2 Å². The van der Waals surface area contributed by atoms with Gasteiger partial charge in [0.2, 0.25) is 5.91 Å². The Morgan fingerprint density at radius 3 is 2.28 bits per heavy atom. The molecule has 0 aromatic heterocycles. The maximum Gasteiger partial charge on any atom is 0.335 e. The number of piperidine rings is 1. The minimum absolute atomic E-state index is 0.0141. The van der Waals surface area contributed by atoms with Crippen molar-refractivity contribution in [3.63, 3.8) is 0 Å². The van der Waals surface area contributed by atoms with Crippen LogP contribution in [0.15, 0.2) is 42.5 Å². The second kappa shape index (κ2) is 11.8. The van der Waals surface area contributed by atoms with E-state index in [0.717, 1.165) is 68.4 Å². The topological polar surface area (TPSA) is 125 Å². The molecule has 2 heterocycles. The van der Waals surface area contributed by atoms with Crippen molar-refractivity contribution in [1.82, 2.24) is 4.90 Å². The predicted octanol–water partition coefficient (Wildman–Crippen LogP) is 3.58. The number of amides is 2. The fourth-order valence-electron chi connectivity index (χ4n) is 6.31. The Labute approximate surface area is 229 Å². The number of methoxy groups -OCH3 is 1. The molecule has 4 N–H and O–H groups in total. The quantitative estimate of drug-likeness (QED) is 0.517. The first kappa shape index (κ1) is 27.1. The van der Waals surface area contributed by atoms with E-state index in [9.17, 15) is 19.5 Å². The number of benzene rings is 2. The summed E-state index contributed by atoms with van der Waals surface area (Å²) in [6, 6.07) is 11.5. The summed E-state index contributed by atoms with van der Waals surface area (Å²) in [5.74, 6) is -1.44. The van der Waals surface area contributed by atoms with Gasteiger partial charge in [-0.25, -0.2) is 4.79 Å². The van der Waals surface area contributed by atoms with E-state index < -0.39 is 12.0 Å². The molecule has 3 aliphatic rings. The van der Waals surface area contributed by atoms with Gasteiger partial charge in [0.25, 0.3) is 5.91 Å². The molecule has 1 unspecified atom stereocenters. The number of aromatic carboxylic acids is 1. The van der Waals surface area contributed by atoms with E-state index in [4.69, 9.17) is 10.5 Å². The zero-order valence-electron chi connectivity index (χ0n) is 22.5. The summed E-state index contributed by atoms with van der Waals surface area (Å²) < 4.78 is 5.55. The van der Waals surface area contributed by atoms with Crippen LogP contribution in [0.2, 0.25) is 0 Å². The minimum atomic E-state index is -1.03. The number of carboxylic acids is 1. The van der Waals surface area contributed by atoms with E-state index in [-0.39, 0.29) is 35.4 Å². The Morgan fingerprint density at radius 1 is 0.949 bits per heavy atom. The van der Waals surface area contributed by atoms with Crippen molar-refractivity contribution in [3.05, 3.63) is 59.2 Å². The Hall–Kier alpha value is -3.43. The lowest BCUT2D eigenvalue weighted by Gasteiger charge is -2.41.